The normalized spacial score (nSPS) is 18.8. The third kappa shape index (κ3) is 3.16. The van der Waals surface area contributed by atoms with Crippen molar-refractivity contribution in [3.8, 4) is 6.07 Å². The first-order valence-corrected chi connectivity index (χ1v) is 8.51. The number of fused-ring (bicyclic) bond motifs is 1. The van der Waals surface area contributed by atoms with E-state index < -0.39 is 11.8 Å². The fourth-order valence-electron chi connectivity index (χ4n) is 2.87. The van der Waals surface area contributed by atoms with Crippen LogP contribution in [0.4, 0.5) is 0 Å². The van der Waals surface area contributed by atoms with Crippen LogP contribution in [0.15, 0.2) is 24.3 Å². The van der Waals surface area contributed by atoms with Gasteiger partial charge in [-0.25, -0.2) is 4.98 Å². The highest BCUT2D eigenvalue weighted by Crippen LogP contribution is 2.31. The number of likely N-dealkylation sites (tertiary alicyclic amines) is 1. The van der Waals surface area contributed by atoms with Crippen molar-refractivity contribution in [2.75, 3.05) is 26.8 Å². The first kappa shape index (κ1) is 16.6. The predicted molar refractivity (Wildman–Crippen MR) is 89.5 cm³/mol. The summed E-state index contributed by atoms with van der Waals surface area (Å²) < 4.78 is 5.93. The summed E-state index contributed by atoms with van der Waals surface area (Å²) in [5.41, 5.74) is 0.787. The molecule has 0 N–H and O–H groups in total. The van der Waals surface area contributed by atoms with Gasteiger partial charge in [-0.2, -0.15) is 5.26 Å². The van der Waals surface area contributed by atoms with Crippen molar-refractivity contribution in [3.63, 3.8) is 0 Å². The van der Waals surface area contributed by atoms with Gasteiger partial charge in [0.15, 0.2) is 11.7 Å². The van der Waals surface area contributed by atoms with E-state index in [2.05, 4.69) is 11.1 Å². The number of para-hydroxylation sites is 1. The number of methoxy groups -OCH3 is 1. The summed E-state index contributed by atoms with van der Waals surface area (Å²) in [6, 6.07) is 9.62. The second-order valence-electron chi connectivity index (χ2n) is 5.72. The van der Waals surface area contributed by atoms with Crippen molar-refractivity contribution in [1.29, 1.82) is 5.26 Å². The highest BCUT2D eigenvalue weighted by Gasteiger charge is 2.38. The molecule has 0 spiro atoms. The monoisotopic (exact) mass is 343 g/mol. The summed E-state index contributed by atoms with van der Waals surface area (Å²) in [4.78, 5) is 30.8. The maximum absolute atomic E-state index is 12.8. The summed E-state index contributed by atoms with van der Waals surface area (Å²) >= 11 is 1.36. The van der Waals surface area contributed by atoms with Crippen molar-refractivity contribution >= 4 is 33.2 Å². The van der Waals surface area contributed by atoms with Crippen LogP contribution in [-0.2, 0) is 14.3 Å². The summed E-state index contributed by atoms with van der Waals surface area (Å²) in [7, 11) is 1.57. The van der Waals surface area contributed by atoms with Gasteiger partial charge in [0.05, 0.1) is 22.9 Å². The Labute approximate surface area is 143 Å². The zero-order chi connectivity index (χ0) is 17.1. The summed E-state index contributed by atoms with van der Waals surface area (Å²) in [5.74, 6) is -1.65. The van der Waals surface area contributed by atoms with Crippen LogP contribution in [0.1, 0.15) is 17.3 Å². The molecule has 1 aromatic carbocycles. The molecule has 1 amide bonds. The molecule has 3 rings (SSSR count). The molecule has 1 fully saturated rings. The Hall–Kier alpha value is -2.30. The number of nitrogens with zero attached hydrogens (tertiary/aromatic N) is 3. The first-order chi connectivity index (χ1) is 11.6. The third-order valence-corrected chi connectivity index (χ3v) is 5.25. The SMILES string of the molecule is COCCN1C[C@H](C(=O)[C@@H](C#N)c2nc3ccccc3s2)CC1=O. The molecule has 1 aliphatic heterocycles. The largest absolute Gasteiger partial charge is 0.383 e. The molecule has 1 saturated heterocycles. The molecule has 0 saturated carbocycles. The number of ketones is 1. The minimum atomic E-state index is -0.914. The molecule has 2 atom stereocenters. The molecule has 24 heavy (non-hydrogen) atoms. The highest BCUT2D eigenvalue weighted by atomic mass is 32.1. The van der Waals surface area contributed by atoms with Crippen LogP contribution in [-0.4, -0.2) is 48.4 Å². The third-order valence-electron chi connectivity index (χ3n) is 4.15. The van der Waals surface area contributed by atoms with Gasteiger partial charge in [0.25, 0.3) is 0 Å². The van der Waals surface area contributed by atoms with Crippen LogP contribution in [0.3, 0.4) is 0 Å². The Morgan fingerprint density at radius 1 is 1.54 bits per heavy atom. The first-order valence-electron chi connectivity index (χ1n) is 7.69. The lowest BCUT2D eigenvalue weighted by atomic mass is 9.93. The van der Waals surface area contributed by atoms with Crippen molar-refractivity contribution < 1.29 is 14.3 Å². The van der Waals surface area contributed by atoms with E-state index in [1.54, 1.807) is 12.0 Å². The number of hydrogen-bond donors (Lipinski definition) is 0. The average molecular weight is 343 g/mol. The number of Topliss-reactive ketones (excluding diaryl/α,β-unsaturated/α-hetero) is 1. The zero-order valence-corrected chi connectivity index (χ0v) is 14.1. The van der Waals surface area contributed by atoms with Crippen LogP contribution < -0.4 is 0 Å². The van der Waals surface area contributed by atoms with E-state index in [-0.39, 0.29) is 18.1 Å². The Morgan fingerprint density at radius 2 is 2.33 bits per heavy atom. The molecule has 1 aliphatic rings. The molecule has 0 bridgehead atoms. The van der Waals surface area contributed by atoms with E-state index in [0.29, 0.717) is 24.7 Å². The molecule has 7 heteroatoms. The molecule has 0 radical (unpaired) electrons. The Kier molecular flexibility index (Phi) is 4.88. The number of carbonyl (C=O) groups excluding carboxylic acids is 2. The van der Waals surface area contributed by atoms with Crippen LogP contribution in [0.2, 0.25) is 0 Å². The second-order valence-corrected chi connectivity index (χ2v) is 6.78. The van der Waals surface area contributed by atoms with Gasteiger partial charge in [-0.3, -0.25) is 9.59 Å². The van der Waals surface area contributed by atoms with Gasteiger partial charge in [0, 0.05) is 32.5 Å². The fourth-order valence-corrected chi connectivity index (χ4v) is 3.89. The molecule has 124 valence electrons. The van der Waals surface area contributed by atoms with Gasteiger partial charge in [-0.1, -0.05) is 12.1 Å². The molecular weight excluding hydrogens is 326 g/mol. The Bertz CT molecular complexity index is 778. The summed E-state index contributed by atoms with van der Waals surface area (Å²) in [5, 5.41) is 9.99. The Morgan fingerprint density at radius 3 is 3.04 bits per heavy atom. The lowest BCUT2D eigenvalue weighted by Crippen LogP contribution is -2.30. The van der Waals surface area contributed by atoms with Crippen molar-refractivity contribution in [1.82, 2.24) is 9.88 Å². The average Bonchev–Trinajstić information content (AvgIpc) is 3.17. The van der Waals surface area contributed by atoms with E-state index in [1.807, 2.05) is 24.3 Å². The number of nitriles is 1. The zero-order valence-electron chi connectivity index (χ0n) is 13.3. The van der Waals surface area contributed by atoms with Crippen LogP contribution in [0.5, 0.6) is 0 Å². The number of hydrogen-bond acceptors (Lipinski definition) is 6. The van der Waals surface area contributed by atoms with Gasteiger partial charge in [0.2, 0.25) is 5.91 Å². The van der Waals surface area contributed by atoms with E-state index >= 15 is 0 Å². The lowest BCUT2D eigenvalue weighted by Gasteiger charge is -2.16. The van der Waals surface area contributed by atoms with Crippen molar-refractivity contribution in [2.45, 2.75) is 12.3 Å². The summed E-state index contributed by atoms with van der Waals surface area (Å²) in [6.07, 6.45) is 0.158. The number of rotatable bonds is 6. The maximum Gasteiger partial charge on any atom is 0.223 e. The molecular formula is C17H17N3O3S. The highest BCUT2D eigenvalue weighted by molar-refractivity contribution is 7.18. The molecule has 1 aromatic heterocycles. The lowest BCUT2D eigenvalue weighted by molar-refractivity contribution is -0.129. The van der Waals surface area contributed by atoms with Crippen LogP contribution in [0.25, 0.3) is 10.2 Å². The summed E-state index contributed by atoms with van der Waals surface area (Å²) in [6.45, 7) is 1.26. The van der Waals surface area contributed by atoms with E-state index in [0.717, 1.165) is 10.2 Å². The van der Waals surface area contributed by atoms with Crippen LogP contribution >= 0.6 is 11.3 Å². The van der Waals surface area contributed by atoms with Gasteiger partial charge in [-0.15, -0.1) is 11.3 Å². The number of carbonyl (C=O) groups is 2. The number of ether oxygens (including phenoxy) is 1. The van der Waals surface area contributed by atoms with Gasteiger partial charge in [0.1, 0.15) is 5.01 Å². The quantitative estimate of drug-likeness (QED) is 0.801. The predicted octanol–water partition coefficient (Wildman–Crippen LogP) is 1.97. The van der Waals surface area contributed by atoms with Crippen LogP contribution in [0, 0.1) is 17.2 Å². The smallest absolute Gasteiger partial charge is 0.223 e. The van der Waals surface area contributed by atoms with Crippen molar-refractivity contribution in [2.24, 2.45) is 5.92 Å². The van der Waals surface area contributed by atoms with Gasteiger partial charge < -0.3 is 9.64 Å². The molecule has 2 aromatic rings. The topological polar surface area (TPSA) is 83.3 Å². The molecule has 0 unspecified atom stereocenters. The number of benzene rings is 1. The van der Waals surface area contributed by atoms with E-state index in [1.165, 1.54) is 11.3 Å². The molecule has 0 aliphatic carbocycles. The second kappa shape index (κ2) is 7.07. The number of aromatic nitrogens is 1. The standard InChI is InChI=1S/C17H17N3O3S/c1-23-7-6-20-10-11(8-15(20)21)16(22)12(9-18)17-19-13-4-2-3-5-14(13)24-17/h2-5,11-12H,6-8,10H2,1H3/t11-,12-/m1/s1. The number of amides is 1. The minimum absolute atomic E-state index is 0.0635. The van der Waals surface area contributed by atoms with Gasteiger partial charge >= 0.3 is 0 Å². The fraction of sp³-hybridized carbons (Fsp3) is 0.412. The van der Waals surface area contributed by atoms with E-state index in [9.17, 15) is 14.9 Å². The minimum Gasteiger partial charge on any atom is -0.383 e. The molecule has 6 nitrogen and oxygen atoms in total. The van der Waals surface area contributed by atoms with Gasteiger partial charge in [-0.05, 0) is 12.1 Å². The number of thiazole rings is 1. The maximum atomic E-state index is 12.8. The molecule has 2 heterocycles. The van der Waals surface area contributed by atoms with E-state index in [4.69, 9.17) is 4.74 Å². The van der Waals surface area contributed by atoms with Crippen molar-refractivity contribution in [3.05, 3.63) is 29.3 Å². The Balaban J connectivity index is 1.77.